The predicted octanol–water partition coefficient (Wildman–Crippen LogP) is 5.42. The first-order chi connectivity index (χ1) is 12.0. The van der Waals surface area contributed by atoms with Gasteiger partial charge in [0.25, 0.3) is 5.91 Å². The van der Waals surface area contributed by atoms with Crippen LogP contribution in [0.25, 0.3) is 0 Å². The van der Waals surface area contributed by atoms with Crippen LogP contribution >= 0.6 is 47.3 Å². The van der Waals surface area contributed by atoms with Crippen LogP contribution in [0.4, 0.5) is 11.4 Å². The highest BCUT2D eigenvalue weighted by molar-refractivity contribution is 8.27. The van der Waals surface area contributed by atoms with E-state index in [-0.39, 0.29) is 5.91 Å². The number of carbonyl (C=O) groups is 1. The summed E-state index contributed by atoms with van der Waals surface area (Å²) < 4.78 is 0.557. The molecule has 0 spiro atoms. The van der Waals surface area contributed by atoms with Crippen molar-refractivity contribution in [1.29, 1.82) is 0 Å². The lowest BCUT2D eigenvalue weighted by Gasteiger charge is -2.16. The van der Waals surface area contributed by atoms with Crippen molar-refractivity contribution in [3.8, 4) is 0 Å². The van der Waals surface area contributed by atoms with Crippen LogP contribution in [0.1, 0.15) is 5.56 Å². The molecule has 3 nitrogen and oxygen atoms in total. The van der Waals surface area contributed by atoms with Gasteiger partial charge >= 0.3 is 0 Å². The standard InChI is InChI=1S/C18H13ClN2OS3/c1-10-4-3-5-12(8-10)21-16(22)15(25-18(21)23)17-20(2)13-9-11(19)6-7-14(13)24-17/h3-9H,1-2H3. The first kappa shape index (κ1) is 17.0. The molecule has 25 heavy (non-hydrogen) atoms. The molecule has 2 aromatic rings. The number of carbonyl (C=O) groups excluding carboxylic acids is 1. The molecule has 0 atom stereocenters. The quantitative estimate of drug-likeness (QED) is 0.466. The molecule has 2 aliphatic heterocycles. The van der Waals surface area contributed by atoms with Gasteiger partial charge in [0.2, 0.25) is 0 Å². The summed E-state index contributed by atoms with van der Waals surface area (Å²) in [5.41, 5.74) is 2.91. The highest BCUT2D eigenvalue weighted by Gasteiger charge is 2.39. The number of amides is 1. The van der Waals surface area contributed by atoms with Gasteiger partial charge in [-0.05, 0) is 42.8 Å². The highest BCUT2D eigenvalue weighted by Crippen LogP contribution is 2.51. The van der Waals surface area contributed by atoms with E-state index in [9.17, 15) is 4.79 Å². The molecule has 0 N–H and O–H groups in total. The van der Waals surface area contributed by atoms with Crippen LogP contribution in [-0.2, 0) is 4.79 Å². The molecule has 4 rings (SSSR count). The third kappa shape index (κ3) is 2.87. The highest BCUT2D eigenvalue weighted by atomic mass is 35.5. The molecule has 126 valence electrons. The number of aryl methyl sites for hydroxylation is 1. The summed E-state index contributed by atoms with van der Waals surface area (Å²) >= 11 is 14.5. The Morgan fingerprint density at radius 1 is 1.12 bits per heavy atom. The monoisotopic (exact) mass is 404 g/mol. The minimum absolute atomic E-state index is 0.0751. The Labute approximate surface area is 165 Å². The Kier molecular flexibility index (Phi) is 4.32. The molecule has 1 amide bonds. The number of benzene rings is 2. The average molecular weight is 405 g/mol. The van der Waals surface area contributed by atoms with Gasteiger partial charge < -0.3 is 4.90 Å². The van der Waals surface area contributed by atoms with E-state index in [0.29, 0.717) is 14.2 Å². The summed E-state index contributed by atoms with van der Waals surface area (Å²) in [6.07, 6.45) is 0. The molecule has 2 aromatic carbocycles. The van der Waals surface area contributed by atoms with Gasteiger partial charge in [-0.1, -0.05) is 59.5 Å². The summed E-state index contributed by atoms with van der Waals surface area (Å²) in [5, 5.41) is 1.57. The summed E-state index contributed by atoms with van der Waals surface area (Å²) in [6.45, 7) is 2.00. The fourth-order valence-corrected chi connectivity index (χ4v) is 5.58. The van der Waals surface area contributed by atoms with E-state index in [0.717, 1.165) is 26.9 Å². The number of nitrogens with zero attached hydrogens (tertiary/aromatic N) is 2. The van der Waals surface area contributed by atoms with Crippen LogP contribution in [-0.4, -0.2) is 17.3 Å². The molecule has 0 bridgehead atoms. The molecular weight excluding hydrogens is 392 g/mol. The lowest BCUT2D eigenvalue weighted by atomic mass is 10.2. The number of fused-ring (bicyclic) bond motifs is 1. The molecule has 2 heterocycles. The number of anilines is 2. The number of thiocarbonyl (C=S) groups is 1. The van der Waals surface area contributed by atoms with Gasteiger partial charge in [-0.2, -0.15) is 0 Å². The van der Waals surface area contributed by atoms with E-state index in [1.165, 1.54) is 11.8 Å². The zero-order chi connectivity index (χ0) is 17.7. The third-order valence-corrected chi connectivity index (χ3v) is 6.98. The van der Waals surface area contributed by atoms with E-state index in [4.69, 9.17) is 23.8 Å². The third-order valence-electron chi connectivity index (χ3n) is 4.02. The van der Waals surface area contributed by atoms with Gasteiger partial charge in [-0.3, -0.25) is 9.69 Å². The van der Waals surface area contributed by atoms with Crippen LogP contribution in [0, 0.1) is 6.92 Å². The smallest absolute Gasteiger partial charge is 0.273 e. The minimum Gasteiger partial charge on any atom is -0.337 e. The van der Waals surface area contributed by atoms with Crippen LogP contribution in [0.5, 0.6) is 0 Å². The molecule has 1 saturated heterocycles. The van der Waals surface area contributed by atoms with E-state index < -0.39 is 0 Å². The Morgan fingerprint density at radius 2 is 1.92 bits per heavy atom. The Bertz CT molecular complexity index is 957. The molecule has 1 fully saturated rings. The number of rotatable bonds is 1. The van der Waals surface area contributed by atoms with Crippen LogP contribution in [0.15, 0.2) is 57.3 Å². The maximum absolute atomic E-state index is 13.1. The SMILES string of the molecule is Cc1cccc(N2C(=O)C(=C3Sc4ccc(Cl)cc4N3C)SC2=S)c1. The van der Waals surface area contributed by atoms with Crippen LogP contribution < -0.4 is 9.80 Å². The lowest BCUT2D eigenvalue weighted by Crippen LogP contribution is -2.28. The van der Waals surface area contributed by atoms with Gasteiger partial charge in [0, 0.05) is 17.0 Å². The molecule has 0 saturated carbocycles. The zero-order valence-corrected chi connectivity index (χ0v) is 16.7. The Hall–Kier alpha value is -1.47. The number of halogens is 1. The van der Waals surface area contributed by atoms with Crippen molar-refractivity contribution < 1.29 is 4.79 Å². The first-order valence-electron chi connectivity index (χ1n) is 7.54. The molecule has 0 radical (unpaired) electrons. The first-order valence-corrected chi connectivity index (χ1v) is 9.96. The summed E-state index contributed by atoms with van der Waals surface area (Å²) in [6, 6.07) is 13.6. The van der Waals surface area contributed by atoms with E-state index >= 15 is 0 Å². The van der Waals surface area contributed by atoms with E-state index in [1.54, 1.807) is 16.7 Å². The lowest BCUT2D eigenvalue weighted by molar-refractivity contribution is -0.113. The van der Waals surface area contributed by atoms with Crippen LogP contribution in [0.2, 0.25) is 5.02 Å². The second kappa shape index (κ2) is 6.36. The molecular formula is C18H13ClN2OS3. The van der Waals surface area contributed by atoms with Crippen molar-refractivity contribution in [3.63, 3.8) is 0 Å². The maximum atomic E-state index is 13.1. The van der Waals surface area contributed by atoms with Crippen molar-refractivity contribution in [2.24, 2.45) is 0 Å². The molecule has 7 heteroatoms. The van der Waals surface area contributed by atoms with Crippen molar-refractivity contribution in [2.45, 2.75) is 11.8 Å². The summed E-state index contributed by atoms with van der Waals surface area (Å²) in [7, 11) is 1.95. The van der Waals surface area contributed by atoms with Crippen LogP contribution in [0.3, 0.4) is 0 Å². The van der Waals surface area contributed by atoms with E-state index in [2.05, 4.69) is 0 Å². The summed E-state index contributed by atoms with van der Waals surface area (Å²) in [5.74, 6) is -0.0751. The number of hydrogen-bond acceptors (Lipinski definition) is 5. The van der Waals surface area contributed by atoms with Crippen molar-refractivity contribution >= 4 is 68.9 Å². The fourth-order valence-electron chi connectivity index (χ4n) is 2.81. The van der Waals surface area contributed by atoms with Gasteiger partial charge in [-0.15, -0.1) is 0 Å². The molecule has 0 aliphatic carbocycles. The molecule has 0 aromatic heterocycles. The van der Waals surface area contributed by atoms with Gasteiger partial charge in [-0.25, -0.2) is 0 Å². The minimum atomic E-state index is -0.0751. The fraction of sp³-hybridized carbons (Fsp3) is 0.111. The normalized spacial score (nSPS) is 19.8. The summed E-state index contributed by atoms with van der Waals surface area (Å²) in [4.78, 5) is 18.4. The zero-order valence-electron chi connectivity index (χ0n) is 13.4. The van der Waals surface area contributed by atoms with Crippen molar-refractivity contribution in [3.05, 3.63) is 63.0 Å². The second-order valence-electron chi connectivity index (χ2n) is 5.75. The molecule has 2 aliphatic rings. The van der Waals surface area contributed by atoms with E-state index in [1.807, 2.05) is 61.3 Å². The topological polar surface area (TPSA) is 23.6 Å². The van der Waals surface area contributed by atoms with Gasteiger partial charge in [0.15, 0.2) is 4.32 Å². The number of hydrogen-bond donors (Lipinski definition) is 0. The largest absolute Gasteiger partial charge is 0.337 e. The van der Waals surface area contributed by atoms with Gasteiger partial charge in [0.05, 0.1) is 16.4 Å². The van der Waals surface area contributed by atoms with Crippen molar-refractivity contribution in [2.75, 3.05) is 16.8 Å². The van der Waals surface area contributed by atoms with Crippen molar-refractivity contribution in [1.82, 2.24) is 0 Å². The Morgan fingerprint density at radius 3 is 2.68 bits per heavy atom. The average Bonchev–Trinajstić information content (AvgIpc) is 3.04. The molecule has 0 unspecified atom stereocenters. The predicted molar refractivity (Wildman–Crippen MR) is 112 cm³/mol. The van der Waals surface area contributed by atoms with Gasteiger partial charge in [0.1, 0.15) is 4.91 Å². The second-order valence-corrected chi connectivity index (χ2v) is 8.87. The maximum Gasteiger partial charge on any atom is 0.273 e. The Balaban J connectivity index is 1.74. The number of thioether (sulfide) groups is 2.